The van der Waals surface area contributed by atoms with Crippen LogP contribution >= 0.6 is 12.2 Å². The van der Waals surface area contributed by atoms with Gasteiger partial charge in [0.2, 0.25) is 0 Å². The van der Waals surface area contributed by atoms with Gasteiger partial charge in [0.05, 0.1) is 5.60 Å². The van der Waals surface area contributed by atoms with Gasteiger partial charge in [-0.25, -0.2) is 4.79 Å². The molecular formula is C24H35N3O3S. The molecule has 6 nitrogen and oxygen atoms in total. The predicted octanol–water partition coefficient (Wildman–Crippen LogP) is 3.43. The second kappa shape index (κ2) is 7.27. The highest BCUT2D eigenvalue weighted by Crippen LogP contribution is 2.69. The first-order valence-corrected chi connectivity index (χ1v) is 12.3. The van der Waals surface area contributed by atoms with Gasteiger partial charge in [-0.3, -0.25) is 5.43 Å². The van der Waals surface area contributed by atoms with Gasteiger partial charge in [-0.05, 0) is 105 Å². The van der Waals surface area contributed by atoms with Crippen molar-refractivity contribution in [1.29, 1.82) is 0 Å². The number of nitrogens with zero attached hydrogens (tertiary/aromatic N) is 1. The van der Waals surface area contributed by atoms with Crippen LogP contribution in [0.5, 0.6) is 0 Å². The minimum atomic E-state index is -0.650. The quantitative estimate of drug-likeness (QED) is 0.342. The smallest absolute Gasteiger partial charge is 0.331 e. The molecule has 0 bridgehead atoms. The van der Waals surface area contributed by atoms with E-state index in [4.69, 9.17) is 22.7 Å². The summed E-state index contributed by atoms with van der Waals surface area (Å²) in [5, 5.41) is 16.9. The largest absolute Gasteiger partial charge is 0.458 e. The molecule has 7 atom stereocenters. The molecule has 7 heteroatoms. The van der Waals surface area contributed by atoms with E-state index >= 15 is 0 Å². The molecule has 4 aliphatic carbocycles. The number of nitrogens with one attached hydrogen (secondary N) is 1. The van der Waals surface area contributed by atoms with Gasteiger partial charge in [-0.15, -0.1) is 0 Å². The summed E-state index contributed by atoms with van der Waals surface area (Å²) in [5.41, 5.74) is 10.0. The Kier molecular flexibility index (Phi) is 5.02. The minimum Gasteiger partial charge on any atom is -0.458 e. The van der Waals surface area contributed by atoms with Crippen molar-refractivity contribution in [2.24, 2.45) is 45.3 Å². The molecule has 5 rings (SSSR count). The van der Waals surface area contributed by atoms with Gasteiger partial charge < -0.3 is 15.6 Å². The highest BCUT2D eigenvalue weighted by molar-refractivity contribution is 7.80. The maximum absolute atomic E-state index is 12.2. The van der Waals surface area contributed by atoms with E-state index in [0.29, 0.717) is 24.4 Å². The Morgan fingerprint density at radius 2 is 2.03 bits per heavy atom. The predicted molar refractivity (Wildman–Crippen MR) is 123 cm³/mol. The van der Waals surface area contributed by atoms with Crippen molar-refractivity contribution in [3.63, 3.8) is 0 Å². The second-order valence-electron chi connectivity index (χ2n) is 11.1. The number of hydrazone groups is 1. The molecule has 0 radical (unpaired) electrons. The molecule has 170 valence electrons. The van der Waals surface area contributed by atoms with Gasteiger partial charge in [-0.2, -0.15) is 5.10 Å². The van der Waals surface area contributed by atoms with Gasteiger partial charge in [0, 0.05) is 17.2 Å². The second-order valence-corrected chi connectivity index (χ2v) is 11.6. The zero-order valence-corrected chi connectivity index (χ0v) is 19.5. The maximum Gasteiger partial charge on any atom is 0.331 e. The molecule has 0 amide bonds. The van der Waals surface area contributed by atoms with Gasteiger partial charge in [0.1, 0.15) is 6.61 Å². The van der Waals surface area contributed by atoms with E-state index in [2.05, 4.69) is 24.4 Å². The van der Waals surface area contributed by atoms with Crippen LogP contribution in [0.4, 0.5) is 0 Å². The Morgan fingerprint density at radius 3 is 2.74 bits per heavy atom. The fourth-order valence-corrected chi connectivity index (χ4v) is 8.49. The van der Waals surface area contributed by atoms with Crippen LogP contribution in [0.25, 0.3) is 0 Å². The van der Waals surface area contributed by atoms with Crippen LogP contribution in [0, 0.1) is 34.5 Å². The van der Waals surface area contributed by atoms with E-state index in [1.807, 2.05) is 0 Å². The standard InChI is InChI=1S/C24H35N3O3S/c1-22-8-5-16(26-27-21(25)31)12-15(22)3-4-19-18(22)6-9-23(2)17(7-10-24(19,23)29)14-11-20(28)30-13-14/h11,15,17-19,29H,3-10,12-13H2,1-2H3,(H3,25,27,31)/b26-16-/t15-,17-,18+,19-,22+,23-,24-/m1/s1. The summed E-state index contributed by atoms with van der Waals surface area (Å²) >= 11 is 4.90. The Labute approximate surface area is 190 Å². The molecule has 0 unspecified atom stereocenters. The highest BCUT2D eigenvalue weighted by Gasteiger charge is 2.67. The number of carbonyl (C=O) groups is 1. The first-order chi connectivity index (χ1) is 14.7. The summed E-state index contributed by atoms with van der Waals surface area (Å²) in [5.74, 6) is 1.52. The molecule has 0 saturated heterocycles. The molecule has 4 N–H and O–H groups in total. The lowest BCUT2D eigenvalue weighted by molar-refractivity contribution is -0.200. The average molecular weight is 446 g/mol. The Morgan fingerprint density at radius 1 is 1.23 bits per heavy atom. The number of hydrogen-bond donors (Lipinski definition) is 3. The lowest BCUT2D eigenvalue weighted by atomic mass is 9.43. The van der Waals surface area contributed by atoms with Crippen LogP contribution in [0.15, 0.2) is 16.8 Å². The highest BCUT2D eigenvalue weighted by atomic mass is 32.1. The van der Waals surface area contributed by atoms with Gasteiger partial charge in [0.15, 0.2) is 5.11 Å². The molecule has 0 aromatic heterocycles. The number of carbonyl (C=O) groups excluding carboxylic acids is 1. The third-order valence-corrected chi connectivity index (χ3v) is 10.2. The van der Waals surface area contributed by atoms with Crippen molar-refractivity contribution >= 4 is 29.0 Å². The van der Waals surface area contributed by atoms with Crippen LogP contribution < -0.4 is 11.2 Å². The van der Waals surface area contributed by atoms with Crippen LogP contribution in [0.2, 0.25) is 0 Å². The fourth-order valence-electron chi connectivity index (χ4n) is 8.45. The maximum atomic E-state index is 12.2. The molecule has 1 heterocycles. The van der Waals surface area contributed by atoms with Crippen molar-refractivity contribution in [1.82, 2.24) is 5.43 Å². The summed E-state index contributed by atoms with van der Waals surface area (Å²) < 4.78 is 5.23. The van der Waals surface area contributed by atoms with Gasteiger partial charge in [0.25, 0.3) is 0 Å². The average Bonchev–Trinajstić information content (AvgIpc) is 3.26. The Bertz CT molecular complexity index is 872. The van der Waals surface area contributed by atoms with Crippen molar-refractivity contribution in [3.05, 3.63) is 11.6 Å². The lowest BCUT2D eigenvalue weighted by Crippen LogP contribution is -2.62. The van der Waals surface area contributed by atoms with E-state index in [1.54, 1.807) is 6.08 Å². The van der Waals surface area contributed by atoms with E-state index in [1.165, 1.54) is 5.71 Å². The third kappa shape index (κ3) is 3.10. The normalized spacial score (nSPS) is 47.8. The molecule has 0 spiro atoms. The van der Waals surface area contributed by atoms with Crippen LogP contribution in [0.3, 0.4) is 0 Å². The number of esters is 1. The Balaban J connectivity index is 1.39. The van der Waals surface area contributed by atoms with E-state index in [0.717, 1.165) is 63.4 Å². The van der Waals surface area contributed by atoms with Crippen molar-refractivity contribution in [2.45, 2.75) is 77.2 Å². The molecule has 4 saturated carbocycles. The summed E-state index contributed by atoms with van der Waals surface area (Å²) in [7, 11) is 0. The Hall–Kier alpha value is -1.47. The molecule has 4 fully saturated rings. The molecular weight excluding hydrogens is 410 g/mol. The zero-order valence-electron chi connectivity index (χ0n) is 18.7. The van der Waals surface area contributed by atoms with E-state index in [-0.39, 0.29) is 27.8 Å². The third-order valence-electron chi connectivity index (χ3n) is 10.1. The van der Waals surface area contributed by atoms with Crippen LogP contribution in [-0.2, 0) is 9.53 Å². The number of hydrogen-bond acceptors (Lipinski definition) is 5. The van der Waals surface area contributed by atoms with Crippen molar-refractivity contribution < 1.29 is 14.6 Å². The first-order valence-electron chi connectivity index (χ1n) is 11.9. The number of thiocarbonyl (C=S) groups is 1. The summed E-state index contributed by atoms with van der Waals surface area (Å²) in [6.45, 7) is 5.16. The van der Waals surface area contributed by atoms with E-state index in [9.17, 15) is 9.90 Å². The van der Waals surface area contributed by atoms with Crippen LogP contribution in [0.1, 0.15) is 71.6 Å². The monoisotopic (exact) mass is 445 g/mol. The number of aliphatic hydroxyl groups is 1. The number of cyclic esters (lactones) is 1. The zero-order chi connectivity index (χ0) is 22.0. The first kappa shape index (κ1) is 21.4. The minimum absolute atomic E-state index is 0.167. The van der Waals surface area contributed by atoms with E-state index < -0.39 is 5.60 Å². The van der Waals surface area contributed by atoms with Crippen molar-refractivity contribution in [3.8, 4) is 0 Å². The SMILES string of the molecule is C[C@]12CC/C(=N/NC(N)=S)C[C@H]1CC[C@@H]1[C@@H]2CC[C@]2(C)[C@@H](C3=CC(=O)OC3)CC[C@@]12O. The molecule has 5 aliphatic rings. The number of nitrogens with two attached hydrogens (primary N) is 1. The van der Waals surface area contributed by atoms with Gasteiger partial charge >= 0.3 is 5.97 Å². The fraction of sp³-hybridized carbons (Fsp3) is 0.792. The summed E-state index contributed by atoms with van der Waals surface area (Å²) in [6, 6.07) is 0. The topological polar surface area (TPSA) is 96.9 Å². The molecule has 1 aliphatic heterocycles. The van der Waals surface area contributed by atoms with Gasteiger partial charge in [-0.1, -0.05) is 13.8 Å². The molecule has 0 aromatic carbocycles. The van der Waals surface area contributed by atoms with Crippen LogP contribution in [-0.4, -0.2) is 34.1 Å². The van der Waals surface area contributed by atoms with Crippen molar-refractivity contribution in [2.75, 3.05) is 6.61 Å². The molecule has 31 heavy (non-hydrogen) atoms. The molecule has 0 aromatic rings. The number of fused-ring (bicyclic) bond motifs is 5. The summed E-state index contributed by atoms with van der Waals surface area (Å²) in [6.07, 6.45) is 11.0. The summed E-state index contributed by atoms with van der Waals surface area (Å²) in [4.78, 5) is 11.7. The lowest BCUT2D eigenvalue weighted by Gasteiger charge is -2.63. The number of rotatable bonds is 2. The number of ether oxygens (including phenoxy) is 1.